The van der Waals surface area contributed by atoms with Crippen molar-refractivity contribution in [1.82, 2.24) is 5.01 Å². The van der Waals surface area contributed by atoms with Crippen molar-refractivity contribution < 1.29 is 0 Å². The third-order valence-electron chi connectivity index (χ3n) is 5.40. The predicted octanol–water partition coefficient (Wildman–Crippen LogP) is 4.40. The lowest BCUT2D eigenvalue weighted by Gasteiger charge is -2.26. The van der Waals surface area contributed by atoms with Crippen molar-refractivity contribution in [2.24, 2.45) is 11.0 Å². The Morgan fingerprint density at radius 1 is 0.920 bits per heavy atom. The summed E-state index contributed by atoms with van der Waals surface area (Å²) in [5, 5.41) is 7.38. The minimum atomic E-state index is 0.0660. The molecule has 1 fully saturated rings. The molecule has 0 aromatic heterocycles. The van der Waals surface area contributed by atoms with E-state index >= 15 is 0 Å². The number of hydrazone groups is 1. The summed E-state index contributed by atoms with van der Waals surface area (Å²) in [6.07, 6.45) is 11.5. The first-order valence-corrected chi connectivity index (χ1v) is 8.95. The predicted molar refractivity (Wildman–Crippen MR) is 102 cm³/mol. The molecule has 3 heteroatoms. The molecule has 2 aliphatic carbocycles. The van der Waals surface area contributed by atoms with Gasteiger partial charge in [0.15, 0.2) is 5.84 Å². The molecule has 0 spiro atoms. The van der Waals surface area contributed by atoms with E-state index in [0.29, 0.717) is 5.92 Å². The number of rotatable bonds is 3. The highest BCUT2D eigenvalue weighted by Gasteiger charge is 2.57. The monoisotopic (exact) mass is 327 g/mol. The minimum absolute atomic E-state index is 0.0660. The Labute approximate surface area is 148 Å². The molecule has 2 aromatic carbocycles. The number of anilines is 1. The van der Waals surface area contributed by atoms with Crippen LogP contribution in [0, 0.1) is 5.92 Å². The summed E-state index contributed by atoms with van der Waals surface area (Å²) in [5.74, 6) is 1.62. The fourth-order valence-corrected chi connectivity index (χ4v) is 3.93. The van der Waals surface area contributed by atoms with Crippen LogP contribution in [0.3, 0.4) is 0 Å². The molecular weight excluding hydrogens is 306 g/mol. The fraction of sp³-hybridized carbons (Fsp3) is 0.227. The van der Waals surface area contributed by atoms with E-state index in [-0.39, 0.29) is 5.54 Å². The summed E-state index contributed by atoms with van der Waals surface area (Å²) in [7, 11) is 0. The Bertz CT molecular complexity index is 853. The first-order chi connectivity index (χ1) is 12.4. The van der Waals surface area contributed by atoms with Crippen molar-refractivity contribution in [2.75, 3.05) is 11.6 Å². The number of hydrogen-bond donors (Lipinski definition) is 0. The Morgan fingerprint density at radius 3 is 2.48 bits per heavy atom. The second kappa shape index (κ2) is 5.62. The molecule has 25 heavy (non-hydrogen) atoms. The number of allylic oxidation sites excluding steroid dienone is 2. The van der Waals surface area contributed by atoms with Crippen LogP contribution in [0.4, 0.5) is 5.69 Å². The second-order valence-corrected chi connectivity index (χ2v) is 6.96. The lowest BCUT2D eigenvalue weighted by atomic mass is 10.2. The van der Waals surface area contributed by atoms with Gasteiger partial charge in [-0.1, -0.05) is 72.8 Å². The average molecular weight is 327 g/mol. The number of fused-ring (bicyclic) bond motifs is 1. The lowest BCUT2D eigenvalue weighted by Crippen LogP contribution is -2.37. The third-order valence-corrected chi connectivity index (χ3v) is 5.40. The average Bonchev–Trinajstić information content (AvgIpc) is 3.25. The van der Waals surface area contributed by atoms with Crippen LogP contribution in [0.15, 0.2) is 90.1 Å². The summed E-state index contributed by atoms with van der Waals surface area (Å²) >= 11 is 0. The normalized spacial score (nSPS) is 27.0. The van der Waals surface area contributed by atoms with Gasteiger partial charge in [0, 0.05) is 17.2 Å². The number of benzene rings is 2. The van der Waals surface area contributed by atoms with Gasteiger partial charge >= 0.3 is 0 Å². The van der Waals surface area contributed by atoms with Gasteiger partial charge in [-0.05, 0) is 25.0 Å². The molecule has 124 valence electrons. The molecule has 0 radical (unpaired) electrons. The highest BCUT2D eigenvalue weighted by atomic mass is 15.6. The number of nitrogens with zero attached hydrogens (tertiary/aromatic N) is 3. The number of hydrogen-bond acceptors (Lipinski definition) is 3. The lowest BCUT2D eigenvalue weighted by molar-refractivity contribution is 0.238. The molecule has 1 saturated carbocycles. The van der Waals surface area contributed by atoms with E-state index in [0.717, 1.165) is 30.9 Å². The molecule has 2 aromatic rings. The van der Waals surface area contributed by atoms with Crippen LogP contribution in [-0.4, -0.2) is 23.1 Å². The highest BCUT2D eigenvalue weighted by molar-refractivity contribution is 6.10. The van der Waals surface area contributed by atoms with E-state index in [2.05, 4.69) is 94.9 Å². The zero-order valence-electron chi connectivity index (χ0n) is 14.1. The van der Waals surface area contributed by atoms with E-state index in [1.165, 1.54) is 5.69 Å². The van der Waals surface area contributed by atoms with Crippen LogP contribution in [0.25, 0.3) is 0 Å². The molecule has 0 N–H and O–H groups in total. The van der Waals surface area contributed by atoms with Crippen molar-refractivity contribution in [3.8, 4) is 0 Å². The molecule has 1 aliphatic heterocycles. The van der Waals surface area contributed by atoms with E-state index < -0.39 is 0 Å². The van der Waals surface area contributed by atoms with Crippen molar-refractivity contribution in [2.45, 2.75) is 18.4 Å². The van der Waals surface area contributed by atoms with Crippen LogP contribution < -0.4 is 4.90 Å². The van der Waals surface area contributed by atoms with E-state index in [9.17, 15) is 0 Å². The fourth-order valence-electron chi connectivity index (χ4n) is 3.93. The van der Waals surface area contributed by atoms with Gasteiger partial charge in [0.25, 0.3) is 0 Å². The van der Waals surface area contributed by atoms with Crippen LogP contribution >= 0.6 is 0 Å². The Balaban J connectivity index is 1.55. The molecule has 0 saturated heterocycles. The zero-order valence-corrected chi connectivity index (χ0v) is 14.1. The van der Waals surface area contributed by atoms with Gasteiger partial charge in [-0.2, -0.15) is 5.10 Å². The largest absolute Gasteiger partial charge is 0.305 e. The van der Waals surface area contributed by atoms with Crippen molar-refractivity contribution in [3.63, 3.8) is 0 Å². The first kappa shape index (κ1) is 14.5. The number of para-hydroxylation sites is 1. The minimum Gasteiger partial charge on any atom is -0.305 e. The van der Waals surface area contributed by atoms with Gasteiger partial charge in [0.1, 0.15) is 6.67 Å². The summed E-state index contributed by atoms with van der Waals surface area (Å²) in [6, 6.07) is 21.1. The molecule has 5 rings (SSSR count). The van der Waals surface area contributed by atoms with E-state index in [1.54, 1.807) is 0 Å². The first-order valence-electron chi connectivity index (χ1n) is 8.95. The number of amidine groups is 1. The van der Waals surface area contributed by atoms with Crippen molar-refractivity contribution in [1.29, 1.82) is 0 Å². The maximum absolute atomic E-state index is 5.09. The zero-order chi connectivity index (χ0) is 16.7. The standard InChI is InChI=1S/C22H21N3/c1-4-10-18(11-5-1)21-23-25(17-24(21)20-13-7-2-8-14-20)22-15-9-3-6-12-19(22)16-22/h1-2,4-15,19H,3,16-17H2. The van der Waals surface area contributed by atoms with Crippen LogP contribution in [-0.2, 0) is 0 Å². The molecule has 3 nitrogen and oxygen atoms in total. The van der Waals surface area contributed by atoms with E-state index in [1.807, 2.05) is 0 Å². The summed E-state index contributed by atoms with van der Waals surface area (Å²) in [6.45, 7) is 0.795. The van der Waals surface area contributed by atoms with E-state index in [4.69, 9.17) is 5.10 Å². The Kier molecular flexibility index (Phi) is 3.27. The second-order valence-electron chi connectivity index (χ2n) is 6.96. The molecular formula is C22H21N3. The van der Waals surface area contributed by atoms with Crippen LogP contribution in [0.2, 0.25) is 0 Å². The maximum atomic E-state index is 5.09. The van der Waals surface area contributed by atoms with Crippen molar-refractivity contribution in [3.05, 3.63) is 90.5 Å². The van der Waals surface area contributed by atoms with Gasteiger partial charge < -0.3 is 4.90 Å². The smallest absolute Gasteiger partial charge is 0.162 e. The van der Waals surface area contributed by atoms with Gasteiger partial charge in [-0.15, -0.1) is 0 Å². The summed E-state index contributed by atoms with van der Waals surface area (Å²) < 4.78 is 0. The molecule has 2 atom stereocenters. The van der Waals surface area contributed by atoms with Gasteiger partial charge in [-0.25, -0.2) is 0 Å². The molecule has 1 heterocycles. The van der Waals surface area contributed by atoms with Gasteiger partial charge in [-0.3, -0.25) is 5.01 Å². The Hall–Kier alpha value is -2.81. The molecule has 3 aliphatic rings. The third kappa shape index (κ3) is 2.39. The van der Waals surface area contributed by atoms with Crippen LogP contribution in [0.5, 0.6) is 0 Å². The van der Waals surface area contributed by atoms with Crippen LogP contribution in [0.1, 0.15) is 18.4 Å². The summed E-state index contributed by atoms with van der Waals surface area (Å²) in [5.41, 5.74) is 2.42. The highest BCUT2D eigenvalue weighted by Crippen LogP contribution is 2.53. The molecule has 0 amide bonds. The van der Waals surface area contributed by atoms with Crippen molar-refractivity contribution >= 4 is 11.5 Å². The molecule has 0 bridgehead atoms. The molecule has 2 unspecified atom stereocenters. The quantitative estimate of drug-likeness (QED) is 0.778. The SMILES string of the molecule is C1=CC2CC2(N2CN(c3ccccc3)C(c3ccccc3)=N2)C=CC1. The van der Waals surface area contributed by atoms with Gasteiger partial charge in [0.2, 0.25) is 0 Å². The summed E-state index contributed by atoms with van der Waals surface area (Å²) in [4.78, 5) is 2.32. The van der Waals surface area contributed by atoms with Gasteiger partial charge in [0.05, 0.1) is 5.54 Å². The maximum Gasteiger partial charge on any atom is 0.162 e. The Morgan fingerprint density at radius 2 is 1.68 bits per heavy atom. The topological polar surface area (TPSA) is 18.8 Å².